The van der Waals surface area contributed by atoms with Crippen molar-refractivity contribution in [3.8, 4) is 5.75 Å². The standard InChI is InChI=1S/C22H27N3O5S/c1-3-21(26)23-17-9-7-8-16(14-17)22(27)24-18-10-11-19(30-4-2)20(15-18)31(28,29)25-12-5-6-13-25/h7-11,14-15H,3-6,12-13H2,1-2H3,(H,23,26)(H,24,27). The molecule has 0 atom stereocenters. The third-order valence-corrected chi connectivity index (χ3v) is 6.83. The van der Waals surface area contributed by atoms with Crippen LogP contribution >= 0.6 is 0 Å². The molecule has 0 aliphatic carbocycles. The number of nitrogens with one attached hydrogen (secondary N) is 2. The minimum Gasteiger partial charge on any atom is -0.492 e. The van der Waals surface area contributed by atoms with Gasteiger partial charge in [0.2, 0.25) is 15.9 Å². The molecule has 1 aliphatic heterocycles. The van der Waals surface area contributed by atoms with Gasteiger partial charge in [0.25, 0.3) is 5.91 Å². The summed E-state index contributed by atoms with van der Waals surface area (Å²) in [6.07, 6.45) is 1.98. The summed E-state index contributed by atoms with van der Waals surface area (Å²) in [6, 6.07) is 11.1. The first-order valence-electron chi connectivity index (χ1n) is 10.3. The van der Waals surface area contributed by atoms with E-state index in [9.17, 15) is 18.0 Å². The molecule has 1 saturated heterocycles. The number of nitrogens with zero attached hydrogens (tertiary/aromatic N) is 1. The zero-order chi connectivity index (χ0) is 22.4. The van der Waals surface area contributed by atoms with Crippen molar-refractivity contribution in [2.24, 2.45) is 0 Å². The molecule has 1 aliphatic rings. The van der Waals surface area contributed by atoms with Crippen LogP contribution in [0.5, 0.6) is 5.75 Å². The summed E-state index contributed by atoms with van der Waals surface area (Å²) in [4.78, 5) is 24.4. The van der Waals surface area contributed by atoms with Gasteiger partial charge in [0.05, 0.1) is 6.61 Å². The fourth-order valence-electron chi connectivity index (χ4n) is 3.32. The molecule has 2 aromatic carbocycles. The van der Waals surface area contributed by atoms with Gasteiger partial charge in [-0.2, -0.15) is 4.31 Å². The Bertz CT molecular complexity index is 1060. The Kier molecular flexibility index (Phi) is 7.29. The van der Waals surface area contributed by atoms with Gasteiger partial charge in [-0.25, -0.2) is 8.42 Å². The van der Waals surface area contributed by atoms with Gasteiger partial charge in [-0.3, -0.25) is 9.59 Å². The van der Waals surface area contributed by atoms with Crippen molar-refractivity contribution in [1.29, 1.82) is 0 Å². The Morgan fingerprint density at radius 2 is 1.71 bits per heavy atom. The molecule has 9 heteroatoms. The van der Waals surface area contributed by atoms with E-state index in [1.165, 1.54) is 10.4 Å². The number of hydrogen-bond donors (Lipinski definition) is 2. The first-order valence-corrected chi connectivity index (χ1v) is 11.8. The largest absolute Gasteiger partial charge is 0.492 e. The zero-order valence-electron chi connectivity index (χ0n) is 17.7. The number of benzene rings is 2. The normalized spacial score (nSPS) is 14.3. The predicted octanol–water partition coefficient (Wildman–Crippen LogP) is 3.47. The van der Waals surface area contributed by atoms with E-state index in [0.717, 1.165) is 12.8 Å². The highest BCUT2D eigenvalue weighted by atomic mass is 32.2. The summed E-state index contributed by atoms with van der Waals surface area (Å²) in [5.41, 5.74) is 1.20. The molecule has 8 nitrogen and oxygen atoms in total. The number of anilines is 2. The third-order valence-electron chi connectivity index (χ3n) is 4.91. The average Bonchev–Trinajstić information content (AvgIpc) is 3.31. The van der Waals surface area contributed by atoms with Crippen molar-refractivity contribution in [2.45, 2.75) is 38.0 Å². The molecule has 31 heavy (non-hydrogen) atoms. The molecule has 3 rings (SSSR count). The quantitative estimate of drug-likeness (QED) is 0.647. The predicted molar refractivity (Wildman–Crippen MR) is 119 cm³/mol. The summed E-state index contributed by atoms with van der Waals surface area (Å²) in [7, 11) is -3.73. The maximum Gasteiger partial charge on any atom is 0.255 e. The molecule has 2 aromatic rings. The molecule has 0 spiro atoms. The van der Waals surface area contributed by atoms with Crippen LogP contribution in [0.25, 0.3) is 0 Å². The maximum absolute atomic E-state index is 13.1. The van der Waals surface area contributed by atoms with Crippen LogP contribution in [0.15, 0.2) is 47.4 Å². The van der Waals surface area contributed by atoms with E-state index in [4.69, 9.17) is 4.74 Å². The van der Waals surface area contributed by atoms with Crippen molar-refractivity contribution < 1.29 is 22.7 Å². The van der Waals surface area contributed by atoms with Crippen LogP contribution in [-0.2, 0) is 14.8 Å². The van der Waals surface area contributed by atoms with Crippen molar-refractivity contribution in [1.82, 2.24) is 4.31 Å². The topological polar surface area (TPSA) is 105 Å². The van der Waals surface area contributed by atoms with E-state index in [-0.39, 0.29) is 16.6 Å². The van der Waals surface area contributed by atoms with Gasteiger partial charge < -0.3 is 15.4 Å². The Morgan fingerprint density at radius 3 is 2.39 bits per heavy atom. The lowest BCUT2D eigenvalue weighted by Gasteiger charge is -2.19. The van der Waals surface area contributed by atoms with Gasteiger partial charge in [0, 0.05) is 36.4 Å². The molecule has 1 heterocycles. The molecule has 0 aromatic heterocycles. The van der Waals surface area contributed by atoms with E-state index in [1.807, 2.05) is 0 Å². The number of hydrogen-bond acceptors (Lipinski definition) is 5. The Hall–Kier alpha value is -2.91. The summed E-state index contributed by atoms with van der Waals surface area (Å²) in [5.74, 6) is -0.307. The number of carbonyl (C=O) groups is 2. The van der Waals surface area contributed by atoms with Gasteiger partial charge in [0.1, 0.15) is 10.6 Å². The van der Waals surface area contributed by atoms with Crippen LogP contribution in [0, 0.1) is 0 Å². The van der Waals surface area contributed by atoms with Crippen LogP contribution < -0.4 is 15.4 Å². The van der Waals surface area contributed by atoms with Crippen LogP contribution in [0.1, 0.15) is 43.5 Å². The molecule has 0 saturated carbocycles. The lowest BCUT2D eigenvalue weighted by atomic mass is 10.1. The first-order chi connectivity index (χ1) is 14.8. The maximum atomic E-state index is 13.1. The van der Waals surface area contributed by atoms with E-state index in [1.54, 1.807) is 50.2 Å². The number of rotatable bonds is 8. The molecular weight excluding hydrogens is 418 g/mol. The molecule has 0 radical (unpaired) electrons. The van der Waals surface area contributed by atoms with E-state index in [2.05, 4.69) is 10.6 Å². The van der Waals surface area contributed by atoms with E-state index in [0.29, 0.717) is 43.1 Å². The van der Waals surface area contributed by atoms with Crippen molar-refractivity contribution in [2.75, 3.05) is 30.3 Å². The van der Waals surface area contributed by atoms with Crippen LogP contribution in [0.3, 0.4) is 0 Å². The minimum absolute atomic E-state index is 0.0398. The van der Waals surface area contributed by atoms with Crippen LogP contribution in [-0.4, -0.2) is 44.2 Å². The van der Waals surface area contributed by atoms with E-state index >= 15 is 0 Å². The molecule has 2 amide bonds. The monoisotopic (exact) mass is 445 g/mol. The molecular formula is C22H27N3O5S. The fraction of sp³-hybridized carbons (Fsp3) is 0.364. The molecule has 0 bridgehead atoms. The number of ether oxygens (including phenoxy) is 1. The SMILES string of the molecule is CCOc1ccc(NC(=O)c2cccc(NC(=O)CC)c2)cc1S(=O)(=O)N1CCCC1. The summed E-state index contributed by atoms with van der Waals surface area (Å²) < 4.78 is 33.2. The van der Waals surface area contributed by atoms with Crippen LogP contribution in [0.2, 0.25) is 0 Å². The highest BCUT2D eigenvalue weighted by molar-refractivity contribution is 7.89. The number of sulfonamides is 1. The van der Waals surface area contributed by atoms with Crippen LogP contribution in [0.4, 0.5) is 11.4 Å². The van der Waals surface area contributed by atoms with Crippen molar-refractivity contribution in [3.63, 3.8) is 0 Å². The third kappa shape index (κ3) is 5.42. The van der Waals surface area contributed by atoms with E-state index < -0.39 is 15.9 Å². The lowest BCUT2D eigenvalue weighted by Crippen LogP contribution is -2.28. The summed E-state index contributed by atoms with van der Waals surface area (Å²) in [5, 5.41) is 5.45. The number of amides is 2. The van der Waals surface area contributed by atoms with Gasteiger partial charge >= 0.3 is 0 Å². The van der Waals surface area contributed by atoms with Gasteiger partial charge in [-0.1, -0.05) is 13.0 Å². The molecule has 166 valence electrons. The van der Waals surface area contributed by atoms with Gasteiger partial charge in [-0.15, -0.1) is 0 Å². The highest BCUT2D eigenvalue weighted by Crippen LogP contribution is 2.32. The second kappa shape index (κ2) is 9.93. The molecule has 0 unspecified atom stereocenters. The second-order valence-corrected chi connectivity index (χ2v) is 9.05. The smallest absolute Gasteiger partial charge is 0.255 e. The Morgan fingerprint density at radius 1 is 1.00 bits per heavy atom. The van der Waals surface area contributed by atoms with Crippen molar-refractivity contribution >= 4 is 33.2 Å². The molecule has 1 fully saturated rings. The van der Waals surface area contributed by atoms with Gasteiger partial charge in [-0.05, 0) is 56.2 Å². The lowest BCUT2D eigenvalue weighted by molar-refractivity contribution is -0.115. The fourth-order valence-corrected chi connectivity index (χ4v) is 4.99. The number of carbonyl (C=O) groups excluding carboxylic acids is 2. The van der Waals surface area contributed by atoms with Gasteiger partial charge in [0.15, 0.2) is 0 Å². The second-order valence-electron chi connectivity index (χ2n) is 7.14. The molecule has 2 N–H and O–H groups in total. The zero-order valence-corrected chi connectivity index (χ0v) is 18.5. The minimum atomic E-state index is -3.73. The summed E-state index contributed by atoms with van der Waals surface area (Å²) in [6.45, 7) is 4.80. The van der Waals surface area contributed by atoms with Crippen molar-refractivity contribution in [3.05, 3.63) is 48.0 Å². The first kappa shape index (κ1) is 22.8. The Labute approximate surface area is 182 Å². The highest BCUT2D eigenvalue weighted by Gasteiger charge is 2.30. The average molecular weight is 446 g/mol. The Balaban J connectivity index is 1.86. The summed E-state index contributed by atoms with van der Waals surface area (Å²) >= 11 is 0.